The zero-order chi connectivity index (χ0) is 12.9. The minimum Gasteiger partial charge on any atom is -0.314 e. The second-order valence-corrected chi connectivity index (χ2v) is 7.40. The fraction of sp³-hybridized carbons (Fsp3) is 1.00. The van der Waals surface area contributed by atoms with Crippen molar-refractivity contribution in [1.82, 2.24) is 5.32 Å². The largest absolute Gasteiger partial charge is 0.314 e. The van der Waals surface area contributed by atoms with Gasteiger partial charge in [0.1, 0.15) is 0 Å². The van der Waals surface area contributed by atoms with Gasteiger partial charge in [0.2, 0.25) is 0 Å². The minimum atomic E-state index is 0.516. The van der Waals surface area contributed by atoms with Crippen LogP contribution in [0.5, 0.6) is 0 Å². The quantitative estimate of drug-likeness (QED) is 0.690. The minimum absolute atomic E-state index is 0.516. The van der Waals surface area contributed by atoms with Gasteiger partial charge in [-0.05, 0) is 62.3 Å². The number of nitrogens with one attached hydrogen (secondary N) is 1. The summed E-state index contributed by atoms with van der Waals surface area (Å²) in [5, 5.41) is 3.75. The first kappa shape index (κ1) is 15.0. The van der Waals surface area contributed by atoms with E-state index in [4.69, 9.17) is 0 Å². The van der Waals surface area contributed by atoms with Gasteiger partial charge in [0.05, 0.1) is 0 Å². The molecule has 0 aromatic rings. The molecule has 0 amide bonds. The maximum Gasteiger partial charge on any atom is 0.00672 e. The standard InChI is InChI=1S/C16H33N/c1-13(2)7-6-12-17-15-10-8-14(9-11-15)16(3,4)5/h13-15,17H,6-12H2,1-5H3. The molecule has 1 N–H and O–H groups in total. The van der Waals surface area contributed by atoms with Gasteiger partial charge in [0, 0.05) is 6.04 Å². The zero-order valence-electron chi connectivity index (χ0n) is 12.7. The Morgan fingerprint density at radius 3 is 2.12 bits per heavy atom. The monoisotopic (exact) mass is 239 g/mol. The lowest BCUT2D eigenvalue weighted by molar-refractivity contribution is 0.160. The molecule has 102 valence electrons. The number of rotatable bonds is 5. The average molecular weight is 239 g/mol. The lowest BCUT2D eigenvalue weighted by Gasteiger charge is -2.37. The van der Waals surface area contributed by atoms with Crippen LogP contribution in [0, 0.1) is 17.3 Å². The van der Waals surface area contributed by atoms with Crippen molar-refractivity contribution in [1.29, 1.82) is 0 Å². The van der Waals surface area contributed by atoms with Crippen molar-refractivity contribution in [2.24, 2.45) is 17.3 Å². The van der Waals surface area contributed by atoms with E-state index in [1.807, 2.05) is 0 Å². The molecule has 1 fully saturated rings. The molecule has 0 spiro atoms. The molecule has 0 aromatic carbocycles. The summed E-state index contributed by atoms with van der Waals surface area (Å²) in [5.74, 6) is 1.80. The third-order valence-corrected chi connectivity index (χ3v) is 4.34. The van der Waals surface area contributed by atoms with Crippen LogP contribution in [0.2, 0.25) is 0 Å². The van der Waals surface area contributed by atoms with E-state index in [1.54, 1.807) is 0 Å². The van der Waals surface area contributed by atoms with E-state index in [0.29, 0.717) is 5.41 Å². The van der Waals surface area contributed by atoms with Crippen LogP contribution in [-0.2, 0) is 0 Å². The average Bonchev–Trinajstić information content (AvgIpc) is 2.23. The normalized spacial score (nSPS) is 26.5. The van der Waals surface area contributed by atoms with Gasteiger partial charge in [-0.2, -0.15) is 0 Å². The smallest absolute Gasteiger partial charge is 0.00672 e. The van der Waals surface area contributed by atoms with Crippen LogP contribution < -0.4 is 5.32 Å². The second kappa shape index (κ2) is 6.78. The summed E-state index contributed by atoms with van der Waals surface area (Å²) >= 11 is 0. The van der Waals surface area contributed by atoms with E-state index in [0.717, 1.165) is 17.9 Å². The highest BCUT2D eigenvalue weighted by Crippen LogP contribution is 2.37. The summed E-state index contributed by atoms with van der Waals surface area (Å²) in [5.41, 5.74) is 0.516. The summed E-state index contributed by atoms with van der Waals surface area (Å²) in [6, 6.07) is 0.806. The van der Waals surface area contributed by atoms with Gasteiger partial charge in [-0.3, -0.25) is 0 Å². The first-order valence-electron chi connectivity index (χ1n) is 7.63. The molecule has 17 heavy (non-hydrogen) atoms. The van der Waals surface area contributed by atoms with E-state index in [9.17, 15) is 0 Å². The molecule has 1 nitrogen and oxygen atoms in total. The Morgan fingerprint density at radius 2 is 1.65 bits per heavy atom. The van der Waals surface area contributed by atoms with Gasteiger partial charge in [-0.15, -0.1) is 0 Å². The maximum absolute atomic E-state index is 3.75. The highest BCUT2D eigenvalue weighted by atomic mass is 14.9. The predicted molar refractivity (Wildman–Crippen MR) is 77.3 cm³/mol. The Bertz CT molecular complexity index is 194. The molecule has 0 aliphatic heterocycles. The van der Waals surface area contributed by atoms with E-state index in [-0.39, 0.29) is 0 Å². The van der Waals surface area contributed by atoms with Crippen LogP contribution in [0.3, 0.4) is 0 Å². The van der Waals surface area contributed by atoms with Crippen molar-refractivity contribution >= 4 is 0 Å². The van der Waals surface area contributed by atoms with Crippen LogP contribution in [-0.4, -0.2) is 12.6 Å². The molecular weight excluding hydrogens is 206 g/mol. The van der Waals surface area contributed by atoms with E-state index in [2.05, 4.69) is 39.9 Å². The Kier molecular flexibility index (Phi) is 5.99. The van der Waals surface area contributed by atoms with Crippen LogP contribution in [0.4, 0.5) is 0 Å². The van der Waals surface area contributed by atoms with Crippen molar-refractivity contribution in [2.45, 2.75) is 79.2 Å². The molecule has 0 radical (unpaired) electrons. The summed E-state index contributed by atoms with van der Waals surface area (Å²) in [7, 11) is 0. The van der Waals surface area contributed by atoms with E-state index < -0.39 is 0 Å². The fourth-order valence-electron chi connectivity index (χ4n) is 2.98. The Hall–Kier alpha value is -0.0400. The van der Waals surface area contributed by atoms with Crippen molar-refractivity contribution in [2.75, 3.05) is 6.54 Å². The topological polar surface area (TPSA) is 12.0 Å². The summed E-state index contributed by atoms with van der Waals surface area (Å²) in [4.78, 5) is 0. The van der Waals surface area contributed by atoms with Crippen molar-refractivity contribution in [3.63, 3.8) is 0 Å². The lowest BCUT2D eigenvalue weighted by atomic mass is 9.71. The number of hydrogen-bond acceptors (Lipinski definition) is 1. The third kappa shape index (κ3) is 5.90. The van der Waals surface area contributed by atoms with Gasteiger partial charge in [0.15, 0.2) is 0 Å². The number of hydrogen-bond donors (Lipinski definition) is 1. The Labute approximate surface area is 109 Å². The molecule has 1 saturated carbocycles. The molecule has 0 unspecified atom stereocenters. The molecule has 0 heterocycles. The van der Waals surface area contributed by atoms with Gasteiger partial charge >= 0.3 is 0 Å². The zero-order valence-corrected chi connectivity index (χ0v) is 12.7. The fourth-order valence-corrected chi connectivity index (χ4v) is 2.98. The van der Waals surface area contributed by atoms with Gasteiger partial charge in [0.25, 0.3) is 0 Å². The summed E-state index contributed by atoms with van der Waals surface area (Å²) < 4.78 is 0. The SMILES string of the molecule is CC(C)CCCNC1CCC(C(C)(C)C)CC1. The van der Waals surface area contributed by atoms with Crippen molar-refractivity contribution in [3.8, 4) is 0 Å². The molecule has 1 aliphatic rings. The van der Waals surface area contributed by atoms with Crippen LogP contribution in [0.25, 0.3) is 0 Å². The summed E-state index contributed by atoms with van der Waals surface area (Å²) in [6.45, 7) is 13.0. The van der Waals surface area contributed by atoms with Gasteiger partial charge in [-0.25, -0.2) is 0 Å². The van der Waals surface area contributed by atoms with Crippen LogP contribution in [0.15, 0.2) is 0 Å². The maximum atomic E-state index is 3.75. The van der Waals surface area contributed by atoms with Crippen LogP contribution >= 0.6 is 0 Å². The second-order valence-electron chi connectivity index (χ2n) is 7.40. The van der Waals surface area contributed by atoms with Crippen molar-refractivity contribution < 1.29 is 0 Å². The molecule has 0 atom stereocenters. The first-order chi connectivity index (χ1) is 7.89. The summed E-state index contributed by atoms with van der Waals surface area (Å²) in [6.07, 6.45) is 8.34. The molecule has 0 saturated heterocycles. The first-order valence-corrected chi connectivity index (χ1v) is 7.63. The Balaban J connectivity index is 2.11. The highest BCUT2D eigenvalue weighted by Gasteiger charge is 2.29. The van der Waals surface area contributed by atoms with Crippen molar-refractivity contribution in [3.05, 3.63) is 0 Å². The predicted octanol–water partition coefficient (Wildman–Crippen LogP) is 4.62. The van der Waals surface area contributed by atoms with Gasteiger partial charge < -0.3 is 5.32 Å². The van der Waals surface area contributed by atoms with E-state index in [1.165, 1.54) is 45.1 Å². The molecule has 0 bridgehead atoms. The molecular formula is C16H33N. The lowest BCUT2D eigenvalue weighted by Crippen LogP contribution is -2.36. The molecule has 1 heteroatoms. The van der Waals surface area contributed by atoms with Gasteiger partial charge in [-0.1, -0.05) is 34.6 Å². The van der Waals surface area contributed by atoms with E-state index >= 15 is 0 Å². The van der Waals surface area contributed by atoms with Crippen LogP contribution in [0.1, 0.15) is 73.1 Å². The Morgan fingerprint density at radius 1 is 1.06 bits per heavy atom. The molecule has 0 aromatic heterocycles. The highest BCUT2D eigenvalue weighted by molar-refractivity contribution is 4.83. The third-order valence-electron chi connectivity index (χ3n) is 4.34. The molecule has 1 rings (SSSR count). The molecule has 1 aliphatic carbocycles.